The normalized spacial score (nSPS) is 11.4. The third-order valence-corrected chi connectivity index (χ3v) is 4.84. The van der Waals surface area contributed by atoms with Gasteiger partial charge < -0.3 is 15.6 Å². The van der Waals surface area contributed by atoms with Crippen molar-refractivity contribution in [1.82, 2.24) is 15.3 Å². The van der Waals surface area contributed by atoms with Crippen LogP contribution in [0.4, 0.5) is 28.0 Å². The van der Waals surface area contributed by atoms with E-state index in [4.69, 9.17) is 0 Å². The molecule has 168 valence electrons. The monoisotopic (exact) mass is 456 g/mol. The molecule has 0 fully saturated rings. The second-order valence-electron chi connectivity index (χ2n) is 7.11. The third kappa shape index (κ3) is 5.00. The van der Waals surface area contributed by atoms with Gasteiger partial charge >= 0.3 is 12.2 Å². The molecule has 2 heterocycles. The number of H-pyrrole nitrogens is 1. The lowest BCUT2D eigenvalue weighted by molar-refractivity contribution is -0.141. The number of carbonyl (C=O) groups excluding carboxylic acids is 1. The van der Waals surface area contributed by atoms with Crippen LogP contribution < -0.4 is 16.2 Å². The van der Waals surface area contributed by atoms with E-state index in [1.54, 1.807) is 24.3 Å². The highest BCUT2D eigenvalue weighted by atomic mass is 19.4. The standard InChI is InChI=1S/C23H16F4N4O2/c24-15-7-4-13(5-8-15)21-14(6-10-19(31-21)23(25,26)27)12-28-22(33)30-18-3-1-2-17-16(18)9-11-20(32)29-17/h1-11H,12H2,(H,29,32)(H2,28,30,33). The molecule has 0 aliphatic heterocycles. The van der Waals surface area contributed by atoms with Crippen LogP contribution in [0.15, 0.2) is 71.5 Å². The number of nitrogens with one attached hydrogen (secondary N) is 3. The summed E-state index contributed by atoms with van der Waals surface area (Å²) in [5.74, 6) is -0.541. The van der Waals surface area contributed by atoms with Gasteiger partial charge in [0.25, 0.3) is 0 Å². The molecule has 0 saturated heterocycles. The smallest absolute Gasteiger partial charge is 0.334 e. The summed E-state index contributed by atoms with van der Waals surface area (Å²) in [5, 5.41) is 5.85. The number of alkyl halides is 3. The van der Waals surface area contributed by atoms with Crippen LogP contribution >= 0.6 is 0 Å². The molecule has 4 aromatic rings. The van der Waals surface area contributed by atoms with Crippen LogP contribution in [0.3, 0.4) is 0 Å². The van der Waals surface area contributed by atoms with Gasteiger partial charge in [0, 0.05) is 23.6 Å². The maximum absolute atomic E-state index is 13.3. The number of amides is 2. The topological polar surface area (TPSA) is 86.9 Å². The predicted octanol–water partition coefficient (Wildman–Crippen LogP) is 5.07. The van der Waals surface area contributed by atoms with Crippen molar-refractivity contribution in [3.8, 4) is 11.3 Å². The van der Waals surface area contributed by atoms with E-state index < -0.39 is 23.7 Å². The van der Waals surface area contributed by atoms with Gasteiger partial charge in [0.05, 0.1) is 16.9 Å². The molecule has 2 aromatic carbocycles. The molecule has 0 atom stereocenters. The van der Waals surface area contributed by atoms with Crippen molar-refractivity contribution in [3.05, 3.63) is 94.2 Å². The first kappa shape index (κ1) is 22.0. The van der Waals surface area contributed by atoms with Gasteiger partial charge in [0.15, 0.2) is 0 Å². The Bertz CT molecular complexity index is 1380. The highest BCUT2D eigenvalue weighted by molar-refractivity contribution is 6.00. The van der Waals surface area contributed by atoms with E-state index in [1.165, 1.54) is 24.3 Å². The largest absolute Gasteiger partial charge is 0.433 e. The number of carbonyl (C=O) groups is 1. The number of hydrogen-bond donors (Lipinski definition) is 3. The predicted molar refractivity (Wildman–Crippen MR) is 115 cm³/mol. The average molecular weight is 456 g/mol. The van der Waals surface area contributed by atoms with Crippen LogP contribution in [0, 0.1) is 5.82 Å². The molecular formula is C23H16F4N4O2. The van der Waals surface area contributed by atoms with Crippen molar-refractivity contribution in [2.24, 2.45) is 0 Å². The molecule has 6 nitrogen and oxygen atoms in total. The molecular weight excluding hydrogens is 440 g/mol. The second-order valence-corrected chi connectivity index (χ2v) is 7.11. The fourth-order valence-electron chi connectivity index (χ4n) is 3.28. The second kappa shape index (κ2) is 8.73. The van der Waals surface area contributed by atoms with Gasteiger partial charge in [0.1, 0.15) is 11.5 Å². The Balaban J connectivity index is 1.57. The summed E-state index contributed by atoms with van der Waals surface area (Å²) >= 11 is 0. The molecule has 0 spiro atoms. The van der Waals surface area contributed by atoms with Gasteiger partial charge in [-0.15, -0.1) is 0 Å². The molecule has 4 rings (SSSR count). The number of hydrogen-bond acceptors (Lipinski definition) is 3. The number of aromatic nitrogens is 2. The summed E-state index contributed by atoms with van der Waals surface area (Å²) in [5.41, 5.74) is 0.154. The Kier molecular flexibility index (Phi) is 5.82. The van der Waals surface area contributed by atoms with Gasteiger partial charge in [-0.05, 0) is 54.1 Å². The summed E-state index contributed by atoms with van der Waals surface area (Å²) in [6, 6.07) is 14.2. The van der Waals surface area contributed by atoms with Crippen molar-refractivity contribution in [2.75, 3.05) is 5.32 Å². The summed E-state index contributed by atoms with van der Waals surface area (Å²) in [6.45, 7) is -0.134. The van der Waals surface area contributed by atoms with Crippen LogP contribution in [-0.2, 0) is 12.7 Å². The minimum atomic E-state index is -4.66. The maximum atomic E-state index is 13.3. The SMILES string of the molecule is O=C(NCc1ccc(C(F)(F)F)nc1-c1ccc(F)cc1)Nc1cccc2[nH]c(=O)ccc12. The first-order valence-corrected chi connectivity index (χ1v) is 9.71. The molecule has 3 N–H and O–H groups in total. The van der Waals surface area contributed by atoms with Crippen molar-refractivity contribution in [2.45, 2.75) is 12.7 Å². The number of fused-ring (bicyclic) bond motifs is 1. The Morgan fingerprint density at radius 2 is 1.73 bits per heavy atom. The van der Waals surface area contributed by atoms with Gasteiger partial charge in [-0.25, -0.2) is 14.2 Å². The van der Waals surface area contributed by atoms with Crippen molar-refractivity contribution >= 4 is 22.6 Å². The number of pyridine rings is 2. The summed E-state index contributed by atoms with van der Waals surface area (Å²) in [4.78, 5) is 30.3. The van der Waals surface area contributed by atoms with E-state index in [0.717, 1.165) is 18.2 Å². The zero-order chi connectivity index (χ0) is 23.6. The van der Waals surface area contributed by atoms with Crippen LogP contribution in [0.2, 0.25) is 0 Å². The molecule has 10 heteroatoms. The van der Waals surface area contributed by atoms with Crippen LogP contribution in [0.1, 0.15) is 11.3 Å². The average Bonchev–Trinajstić information content (AvgIpc) is 2.77. The van der Waals surface area contributed by atoms with E-state index in [0.29, 0.717) is 22.2 Å². The lowest BCUT2D eigenvalue weighted by Crippen LogP contribution is -2.28. The Labute approximate surface area is 184 Å². The maximum Gasteiger partial charge on any atom is 0.433 e. The summed E-state index contributed by atoms with van der Waals surface area (Å²) in [6.07, 6.45) is -4.66. The van der Waals surface area contributed by atoms with Crippen LogP contribution in [0.5, 0.6) is 0 Å². The minimum Gasteiger partial charge on any atom is -0.334 e. The Morgan fingerprint density at radius 3 is 2.45 bits per heavy atom. The number of benzene rings is 2. The number of halogens is 4. The van der Waals surface area contributed by atoms with Crippen LogP contribution in [0.25, 0.3) is 22.2 Å². The van der Waals surface area contributed by atoms with E-state index in [2.05, 4.69) is 20.6 Å². The van der Waals surface area contributed by atoms with E-state index in [-0.39, 0.29) is 23.4 Å². The first-order valence-electron chi connectivity index (χ1n) is 9.71. The highest BCUT2D eigenvalue weighted by Gasteiger charge is 2.33. The van der Waals surface area contributed by atoms with Gasteiger partial charge in [-0.3, -0.25) is 4.79 Å². The Hall–Kier alpha value is -4.21. The molecule has 0 aliphatic rings. The molecule has 2 aromatic heterocycles. The van der Waals surface area contributed by atoms with E-state index in [9.17, 15) is 27.2 Å². The number of rotatable bonds is 4. The van der Waals surface area contributed by atoms with Crippen LogP contribution in [-0.4, -0.2) is 16.0 Å². The fourth-order valence-corrected chi connectivity index (χ4v) is 3.28. The fraction of sp³-hybridized carbons (Fsp3) is 0.0870. The number of urea groups is 1. The molecule has 0 radical (unpaired) electrons. The first-order chi connectivity index (χ1) is 15.7. The van der Waals surface area contributed by atoms with Crippen molar-refractivity contribution < 1.29 is 22.4 Å². The highest BCUT2D eigenvalue weighted by Crippen LogP contribution is 2.31. The lowest BCUT2D eigenvalue weighted by atomic mass is 10.0. The van der Waals surface area contributed by atoms with Crippen molar-refractivity contribution in [1.29, 1.82) is 0 Å². The third-order valence-electron chi connectivity index (χ3n) is 4.84. The van der Waals surface area contributed by atoms with E-state index in [1.807, 2.05) is 0 Å². The van der Waals surface area contributed by atoms with Gasteiger partial charge in [0.2, 0.25) is 5.56 Å². The molecule has 0 unspecified atom stereocenters. The molecule has 33 heavy (non-hydrogen) atoms. The lowest BCUT2D eigenvalue weighted by Gasteiger charge is -2.14. The van der Waals surface area contributed by atoms with E-state index >= 15 is 0 Å². The zero-order valence-electron chi connectivity index (χ0n) is 16.8. The minimum absolute atomic E-state index is 0.0205. The molecule has 0 aliphatic carbocycles. The Morgan fingerprint density at radius 1 is 0.970 bits per heavy atom. The summed E-state index contributed by atoms with van der Waals surface area (Å²) in [7, 11) is 0. The molecule has 0 saturated carbocycles. The molecule has 0 bridgehead atoms. The quantitative estimate of drug-likeness (QED) is 0.375. The molecule has 2 amide bonds. The van der Waals surface area contributed by atoms with Gasteiger partial charge in [-0.2, -0.15) is 13.2 Å². The number of anilines is 1. The summed E-state index contributed by atoms with van der Waals surface area (Å²) < 4.78 is 52.8. The number of aromatic amines is 1. The zero-order valence-corrected chi connectivity index (χ0v) is 16.8. The van der Waals surface area contributed by atoms with Gasteiger partial charge in [-0.1, -0.05) is 12.1 Å². The van der Waals surface area contributed by atoms with Crippen molar-refractivity contribution in [3.63, 3.8) is 0 Å². The number of nitrogens with zero attached hydrogens (tertiary/aromatic N) is 1.